The molecule has 2 atom stereocenters. The lowest BCUT2D eigenvalue weighted by atomic mass is 9.91. The Kier molecular flexibility index (Phi) is 8.69. The van der Waals surface area contributed by atoms with Gasteiger partial charge in [-0.05, 0) is 92.8 Å². The van der Waals surface area contributed by atoms with Crippen molar-refractivity contribution in [2.45, 2.75) is 52.1 Å². The van der Waals surface area contributed by atoms with Gasteiger partial charge < -0.3 is 14.2 Å². The predicted octanol–water partition coefficient (Wildman–Crippen LogP) is 7.18. The molecule has 0 heterocycles. The summed E-state index contributed by atoms with van der Waals surface area (Å²) in [6.45, 7) is 8.20. The number of allylic oxidation sites excluding steroid dienone is 5. The summed E-state index contributed by atoms with van der Waals surface area (Å²) >= 11 is 0. The van der Waals surface area contributed by atoms with Gasteiger partial charge in [0.15, 0.2) is 0 Å². The van der Waals surface area contributed by atoms with E-state index in [1.807, 2.05) is 31.2 Å². The van der Waals surface area contributed by atoms with E-state index in [0.29, 0.717) is 37.6 Å². The molecule has 2 aromatic rings. The minimum Gasteiger partial charge on any atom is -0.490 e. The van der Waals surface area contributed by atoms with Gasteiger partial charge in [-0.3, -0.25) is 0 Å². The third kappa shape index (κ3) is 6.60. The standard InChI is InChI=1S/C29H33FO4/c1-5-29(4,28(31)32-6-2)34-27-17-15-26(16-18-27)33-20-19-21(3)22-7-9-23(10-8-22)24-11-13-25(30)14-12-24/h7-11,13-19,24H,5-6,12,20H2,1-4H3/b21-19+/t24?,29-/m0/s1. The second kappa shape index (κ2) is 11.7. The number of hydrogen-bond donors (Lipinski definition) is 0. The summed E-state index contributed by atoms with van der Waals surface area (Å²) in [4.78, 5) is 12.2. The molecule has 0 bridgehead atoms. The van der Waals surface area contributed by atoms with E-state index in [-0.39, 0.29) is 17.7 Å². The van der Waals surface area contributed by atoms with E-state index < -0.39 is 5.60 Å². The zero-order valence-electron chi connectivity index (χ0n) is 20.3. The molecule has 5 heteroatoms. The van der Waals surface area contributed by atoms with Crippen molar-refractivity contribution < 1.29 is 23.4 Å². The highest BCUT2D eigenvalue weighted by Crippen LogP contribution is 2.28. The fourth-order valence-corrected chi connectivity index (χ4v) is 3.62. The molecule has 0 saturated carbocycles. The number of ether oxygens (including phenoxy) is 3. The highest BCUT2D eigenvalue weighted by Gasteiger charge is 2.35. The number of carbonyl (C=O) groups is 1. The van der Waals surface area contributed by atoms with Crippen molar-refractivity contribution in [3.8, 4) is 11.5 Å². The molecule has 0 N–H and O–H groups in total. The molecule has 4 nitrogen and oxygen atoms in total. The first-order valence-corrected chi connectivity index (χ1v) is 11.7. The van der Waals surface area contributed by atoms with Crippen LogP contribution >= 0.6 is 0 Å². The fourth-order valence-electron chi connectivity index (χ4n) is 3.62. The zero-order chi connectivity index (χ0) is 24.6. The van der Waals surface area contributed by atoms with Crippen molar-refractivity contribution in [3.63, 3.8) is 0 Å². The van der Waals surface area contributed by atoms with Gasteiger partial charge >= 0.3 is 5.97 Å². The summed E-state index contributed by atoms with van der Waals surface area (Å²) in [6.07, 6.45) is 8.30. The van der Waals surface area contributed by atoms with Gasteiger partial charge in [-0.25, -0.2) is 9.18 Å². The Morgan fingerprint density at radius 2 is 1.76 bits per heavy atom. The van der Waals surface area contributed by atoms with Crippen LogP contribution in [0.4, 0.5) is 4.39 Å². The minimum atomic E-state index is -1.02. The third-order valence-electron chi connectivity index (χ3n) is 6.04. The number of esters is 1. The van der Waals surface area contributed by atoms with Gasteiger partial charge in [-0.15, -0.1) is 0 Å². The van der Waals surface area contributed by atoms with Gasteiger partial charge in [0.1, 0.15) is 23.9 Å². The molecule has 1 aliphatic carbocycles. The largest absolute Gasteiger partial charge is 0.490 e. The Hall–Kier alpha value is -3.34. The quantitative estimate of drug-likeness (QED) is 0.350. The first-order chi connectivity index (χ1) is 16.3. The summed E-state index contributed by atoms with van der Waals surface area (Å²) in [7, 11) is 0. The van der Waals surface area contributed by atoms with Crippen molar-refractivity contribution in [1.29, 1.82) is 0 Å². The fraction of sp³-hybridized carbons (Fsp3) is 0.345. The van der Waals surface area contributed by atoms with E-state index in [4.69, 9.17) is 14.2 Å². The van der Waals surface area contributed by atoms with Gasteiger partial charge in [-0.2, -0.15) is 0 Å². The summed E-state index contributed by atoms with van der Waals surface area (Å²) in [6, 6.07) is 15.6. The van der Waals surface area contributed by atoms with E-state index in [9.17, 15) is 9.18 Å². The van der Waals surface area contributed by atoms with Crippen molar-refractivity contribution in [1.82, 2.24) is 0 Å². The van der Waals surface area contributed by atoms with Crippen molar-refractivity contribution in [2.75, 3.05) is 13.2 Å². The summed E-state index contributed by atoms with van der Waals surface area (Å²) in [5.41, 5.74) is 2.39. The monoisotopic (exact) mass is 464 g/mol. The number of rotatable bonds is 10. The molecule has 0 radical (unpaired) electrons. The van der Waals surface area contributed by atoms with Crippen LogP contribution in [0.25, 0.3) is 5.57 Å². The molecule has 0 spiro atoms. The maximum atomic E-state index is 13.2. The molecule has 0 amide bonds. The van der Waals surface area contributed by atoms with Crippen LogP contribution in [0.3, 0.4) is 0 Å². The lowest BCUT2D eigenvalue weighted by Gasteiger charge is -2.27. The molecule has 180 valence electrons. The molecule has 3 rings (SSSR count). The summed E-state index contributed by atoms with van der Waals surface area (Å²) in [5, 5.41) is 0. The molecule has 0 fully saturated rings. The average Bonchev–Trinajstić information content (AvgIpc) is 2.85. The van der Waals surface area contributed by atoms with E-state index in [1.165, 1.54) is 11.6 Å². The van der Waals surface area contributed by atoms with Crippen LogP contribution in [0.2, 0.25) is 0 Å². The van der Waals surface area contributed by atoms with Crippen LogP contribution in [-0.2, 0) is 9.53 Å². The topological polar surface area (TPSA) is 44.8 Å². The first-order valence-electron chi connectivity index (χ1n) is 11.7. The number of benzene rings is 2. The molecular formula is C29H33FO4. The molecule has 2 aromatic carbocycles. The third-order valence-corrected chi connectivity index (χ3v) is 6.04. The Morgan fingerprint density at radius 3 is 2.35 bits per heavy atom. The van der Waals surface area contributed by atoms with E-state index in [0.717, 1.165) is 11.1 Å². The molecule has 0 aliphatic heterocycles. The Bertz CT molecular complexity index is 1050. The average molecular weight is 465 g/mol. The molecular weight excluding hydrogens is 431 g/mol. The van der Waals surface area contributed by atoms with Gasteiger partial charge in [0.05, 0.1) is 6.61 Å². The van der Waals surface area contributed by atoms with Crippen LogP contribution in [0.1, 0.15) is 57.6 Å². The lowest BCUT2D eigenvalue weighted by molar-refractivity contribution is -0.160. The van der Waals surface area contributed by atoms with Crippen molar-refractivity contribution >= 4 is 11.5 Å². The van der Waals surface area contributed by atoms with E-state index in [1.54, 1.807) is 32.1 Å². The maximum Gasteiger partial charge on any atom is 0.350 e. The minimum absolute atomic E-state index is 0.162. The Balaban J connectivity index is 1.53. The van der Waals surface area contributed by atoms with Gasteiger partial charge in [0.2, 0.25) is 5.60 Å². The number of hydrogen-bond acceptors (Lipinski definition) is 4. The molecule has 1 aliphatic rings. The van der Waals surface area contributed by atoms with Gasteiger partial charge in [0, 0.05) is 5.92 Å². The Morgan fingerprint density at radius 1 is 1.09 bits per heavy atom. The second-order valence-corrected chi connectivity index (χ2v) is 8.49. The Labute approximate surface area is 201 Å². The summed E-state index contributed by atoms with van der Waals surface area (Å²) in [5.74, 6) is 0.992. The van der Waals surface area contributed by atoms with Crippen molar-refractivity contribution in [2.24, 2.45) is 0 Å². The second-order valence-electron chi connectivity index (χ2n) is 8.49. The van der Waals surface area contributed by atoms with Crippen molar-refractivity contribution in [3.05, 3.63) is 89.8 Å². The molecule has 1 unspecified atom stereocenters. The molecule has 0 aromatic heterocycles. The lowest BCUT2D eigenvalue weighted by Crippen LogP contribution is -2.42. The van der Waals surface area contributed by atoms with E-state index >= 15 is 0 Å². The van der Waals surface area contributed by atoms with Crippen LogP contribution < -0.4 is 9.47 Å². The van der Waals surface area contributed by atoms with Gasteiger partial charge in [0.25, 0.3) is 0 Å². The zero-order valence-corrected chi connectivity index (χ0v) is 20.3. The number of halogens is 1. The van der Waals surface area contributed by atoms with Crippen LogP contribution in [-0.4, -0.2) is 24.8 Å². The van der Waals surface area contributed by atoms with Crippen LogP contribution in [0.15, 0.2) is 78.7 Å². The highest BCUT2D eigenvalue weighted by molar-refractivity contribution is 5.79. The number of carbonyl (C=O) groups excluding carboxylic acids is 1. The maximum absolute atomic E-state index is 13.2. The van der Waals surface area contributed by atoms with Crippen LogP contribution in [0.5, 0.6) is 11.5 Å². The van der Waals surface area contributed by atoms with Gasteiger partial charge in [-0.1, -0.05) is 37.3 Å². The highest BCUT2D eigenvalue weighted by atomic mass is 19.1. The molecule has 0 saturated heterocycles. The first kappa shape index (κ1) is 25.3. The van der Waals surface area contributed by atoms with Crippen LogP contribution in [0, 0.1) is 0 Å². The predicted molar refractivity (Wildman–Crippen MR) is 134 cm³/mol. The SMILES string of the molecule is CCOC(=O)[C@](C)(CC)Oc1ccc(OC/C=C(\C)c2ccc(C3C=CC(F)=CC3)cc2)cc1. The normalized spacial score (nSPS) is 17.5. The summed E-state index contributed by atoms with van der Waals surface area (Å²) < 4.78 is 30.1. The smallest absolute Gasteiger partial charge is 0.350 e. The van der Waals surface area contributed by atoms with E-state index in [2.05, 4.69) is 31.2 Å². The molecule has 34 heavy (non-hydrogen) atoms.